The van der Waals surface area contributed by atoms with E-state index in [0.29, 0.717) is 5.02 Å². The topological polar surface area (TPSA) is 32.3 Å². The maximum atomic E-state index is 12.3. The highest BCUT2D eigenvalue weighted by molar-refractivity contribution is 6.31. The molecule has 0 bridgehead atoms. The van der Waals surface area contributed by atoms with Crippen LogP contribution in [0.15, 0.2) is 18.2 Å². The average Bonchev–Trinajstić information content (AvgIpc) is 2.41. The van der Waals surface area contributed by atoms with Crippen molar-refractivity contribution in [2.24, 2.45) is 5.92 Å². The quantitative estimate of drug-likeness (QED) is 0.893. The van der Waals surface area contributed by atoms with Crippen LogP contribution < -0.4 is 10.2 Å². The van der Waals surface area contributed by atoms with E-state index in [4.69, 9.17) is 11.6 Å². The van der Waals surface area contributed by atoms with Crippen molar-refractivity contribution >= 4 is 23.2 Å². The first kappa shape index (κ1) is 13.4. The minimum atomic E-state index is 0.0869. The first-order chi connectivity index (χ1) is 8.59. The molecule has 2 rings (SSSR count). The van der Waals surface area contributed by atoms with Crippen LogP contribution in [0.3, 0.4) is 0 Å². The summed E-state index contributed by atoms with van der Waals surface area (Å²) in [5.41, 5.74) is 1.89. The zero-order valence-electron chi connectivity index (χ0n) is 10.9. The molecule has 1 saturated heterocycles. The molecule has 1 aromatic carbocycles. The maximum absolute atomic E-state index is 12.3. The predicted molar refractivity (Wildman–Crippen MR) is 75.2 cm³/mol. The SMILES string of the molecule is Cc1ccc(N(C)C(=O)C2CCCNC2)cc1Cl. The van der Waals surface area contributed by atoms with Crippen LogP contribution in [0, 0.1) is 12.8 Å². The third-order valence-corrected chi connectivity index (χ3v) is 3.93. The highest BCUT2D eigenvalue weighted by Crippen LogP contribution is 2.24. The van der Waals surface area contributed by atoms with Gasteiger partial charge in [0.2, 0.25) is 5.91 Å². The molecule has 1 aliphatic rings. The normalized spacial score (nSPS) is 19.6. The Balaban J connectivity index is 2.11. The molecule has 3 nitrogen and oxygen atoms in total. The van der Waals surface area contributed by atoms with E-state index in [2.05, 4.69) is 5.32 Å². The van der Waals surface area contributed by atoms with Crippen molar-refractivity contribution in [3.05, 3.63) is 28.8 Å². The van der Waals surface area contributed by atoms with Crippen LogP contribution in [0.25, 0.3) is 0 Å². The maximum Gasteiger partial charge on any atom is 0.231 e. The van der Waals surface area contributed by atoms with Gasteiger partial charge in [-0.2, -0.15) is 0 Å². The number of rotatable bonds is 2. The van der Waals surface area contributed by atoms with Gasteiger partial charge in [0.05, 0.1) is 5.92 Å². The van der Waals surface area contributed by atoms with E-state index in [-0.39, 0.29) is 11.8 Å². The molecule has 0 saturated carbocycles. The van der Waals surface area contributed by atoms with Gasteiger partial charge in [-0.25, -0.2) is 0 Å². The summed E-state index contributed by atoms with van der Waals surface area (Å²) >= 11 is 6.10. The lowest BCUT2D eigenvalue weighted by Crippen LogP contribution is -2.41. The second-order valence-corrected chi connectivity index (χ2v) is 5.28. The van der Waals surface area contributed by atoms with E-state index in [0.717, 1.165) is 37.2 Å². The molecular formula is C14H19ClN2O. The Hall–Kier alpha value is -1.06. The number of piperidine rings is 1. The molecule has 0 spiro atoms. The highest BCUT2D eigenvalue weighted by Gasteiger charge is 2.24. The molecule has 0 aromatic heterocycles. The largest absolute Gasteiger partial charge is 0.316 e. The van der Waals surface area contributed by atoms with Crippen LogP contribution in [-0.2, 0) is 4.79 Å². The lowest BCUT2D eigenvalue weighted by molar-refractivity contribution is -0.122. The fourth-order valence-electron chi connectivity index (χ4n) is 2.25. The van der Waals surface area contributed by atoms with Gasteiger partial charge in [0.1, 0.15) is 0 Å². The summed E-state index contributed by atoms with van der Waals surface area (Å²) in [4.78, 5) is 14.0. The molecule has 0 radical (unpaired) electrons. The summed E-state index contributed by atoms with van der Waals surface area (Å²) in [7, 11) is 1.82. The van der Waals surface area contributed by atoms with Crippen molar-refractivity contribution in [1.29, 1.82) is 0 Å². The van der Waals surface area contributed by atoms with Crippen molar-refractivity contribution in [2.45, 2.75) is 19.8 Å². The van der Waals surface area contributed by atoms with E-state index in [1.807, 2.05) is 32.2 Å². The molecule has 1 aromatic rings. The summed E-state index contributed by atoms with van der Waals surface area (Å²) in [6.45, 7) is 3.76. The van der Waals surface area contributed by atoms with Crippen molar-refractivity contribution in [3.63, 3.8) is 0 Å². The summed E-state index contributed by atoms with van der Waals surface area (Å²) in [6, 6.07) is 5.74. The summed E-state index contributed by atoms with van der Waals surface area (Å²) in [5.74, 6) is 0.256. The van der Waals surface area contributed by atoms with Gasteiger partial charge in [-0.1, -0.05) is 17.7 Å². The number of nitrogens with one attached hydrogen (secondary N) is 1. The number of amides is 1. The third kappa shape index (κ3) is 2.85. The van der Waals surface area contributed by atoms with E-state index in [1.54, 1.807) is 4.90 Å². The number of aryl methyl sites for hydroxylation is 1. The summed E-state index contributed by atoms with van der Waals surface area (Å²) < 4.78 is 0. The van der Waals surface area contributed by atoms with Crippen LogP contribution >= 0.6 is 11.6 Å². The highest BCUT2D eigenvalue weighted by atomic mass is 35.5. The molecule has 98 valence electrons. The monoisotopic (exact) mass is 266 g/mol. The third-order valence-electron chi connectivity index (χ3n) is 3.52. The van der Waals surface area contributed by atoms with Crippen LogP contribution in [-0.4, -0.2) is 26.0 Å². The molecule has 1 atom stereocenters. The zero-order valence-corrected chi connectivity index (χ0v) is 11.6. The van der Waals surface area contributed by atoms with Gasteiger partial charge in [-0.3, -0.25) is 4.79 Å². The zero-order chi connectivity index (χ0) is 13.1. The van der Waals surface area contributed by atoms with Gasteiger partial charge in [0.15, 0.2) is 0 Å². The lowest BCUT2D eigenvalue weighted by atomic mass is 9.98. The molecule has 18 heavy (non-hydrogen) atoms. The van der Waals surface area contributed by atoms with Gasteiger partial charge < -0.3 is 10.2 Å². The number of carbonyl (C=O) groups is 1. The Bertz CT molecular complexity index is 441. The number of halogens is 1. The van der Waals surface area contributed by atoms with Gasteiger partial charge in [0.25, 0.3) is 0 Å². The molecule has 1 unspecified atom stereocenters. The van der Waals surface area contributed by atoms with E-state index < -0.39 is 0 Å². The Morgan fingerprint density at radius 1 is 1.50 bits per heavy atom. The Labute approximate surface area is 113 Å². The molecule has 1 N–H and O–H groups in total. The fraction of sp³-hybridized carbons (Fsp3) is 0.500. The summed E-state index contributed by atoms with van der Waals surface area (Å²) in [5, 5.41) is 3.97. The number of carbonyl (C=O) groups excluding carboxylic acids is 1. The molecule has 1 heterocycles. The van der Waals surface area contributed by atoms with Crippen LogP contribution in [0.4, 0.5) is 5.69 Å². The van der Waals surface area contributed by atoms with Crippen LogP contribution in [0.2, 0.25) is 5.02 Å². The standard InChI is InChI=1S/C14H19ClN2O/c1-10-5-6-12(8-13(10)15)17(2)14(18)11-4-3-7-16-9-11/h5-6,8,11,16H,3-4,7,9H2,1-2H3. The number of nitrogens with zero attached hydrogens (tertiary/aromatic N) is 1. The minimum absolute atomic E-state index is 0.0869. The predicted octanol–water partition coefficient (Wildman–Crippen LogP) is 2.61. The molecule has 0 aliphatic carbocycles. The molecule has 4 heteroatoms. The number of hydrogen-bond donors (Lipinski definition) is 1. The first-order valence-corrected chi connectivity index (χ1v) is 6.72. The van der Waals surface area contributed by atoms with E-state index in [1.165, 1.54) is 0 Å². The Morgan fingerprint density at radius 2 is 2.28 bits per heavy atom. The molecule has 1 amide bonds. The summed E-state index contributed by atoms with van der Waals surface area (Å²) in [6.07, 6.45) is 2.04. The fourth-order valence-corrected chi connectivity index (χ4v) is 2.43. The molecule has 1 fully saturated rings. The van der Waals surface area contributed by atoms with Gasteiger partial charge in [-0.05, 0) is 44.0 Å². The van der Waals surface area contributed by atoms with E-state index >= 15 is 0 Å². The van der Waals surface area contributed by atoms with Gasteiger partial charge >= 0.3 is 0 Å². The molecular weight excluding hydrogens is 248 g/mol. The number of anilines is 1. The van der Waals surface area contributed by atoms with Crippen LogP contribution in [0.1, 0.15) is 18.4 Å². The number of benzene rings is 1. The average molecular weight is 267 g/mol. The Morgan fingerprint density at radius 3 is 2.89 bits per heavy atom. The second kappa shape index (κ2) is 5.72. The van der Waals surface area contributed by atoms with Crippen molar-refractivity contribution in [1.82, 2.24) is 5.32 Å². The second-order valence-electron chi connectivity index (χ2n) is 4.87. The van der Waals surface area contributed by atoms with Crippen molar-refractivity contribution in [3.8, 4) is 0 Å². The van der Waals surface area contributed by atoms with Crippen molar-refractivity contribution in [2.75, 3.05) is 25.0 Å². The first-order valence-electron chi connectivity index (χ1n) is 6.34. The van der Waals surface area contributed by atoms with Gasteiger partial charge in [-0.15, -0.1) is 0 Å². The van der Waals surface area contributed by atoms with Gasteiger partial charge in [0, 0.05) is 24.3 Å². The molecule has 1 aliphatic heterocycles. The van der Waals surface area contributed by atoms with E-state index in [9.17, 15) is 4.79 Å². The van der Waals surface area contributed by atoms with Crippen molar-refractivity contribution < 1.29 is 4.79 Å². The minimum Gasteiger partial charge on any atom is -0.316 e. The Kier molecular flexibility index (Phi) is 4.25. The van der Waals surface area contributed by atoms with Crippen LogP contribution in [0.5, 0.6) is 0 Å². The number of hydrogen-bond acceptors (Lipinski definition) is 2. The lowest BCUT2D eigenvalue weighted by Gasteiger charge is -2.27. The smallest absolute Gasteiger partial charge is 0.231 e.